The lowest BCUT2D eigenvalue weighted by atomic mass is 10.1. The summed E-state index contributed by atoms with van der Waals surface area (Å²) >= 11 is 0. The highest BCUT2D eigenvalue weighted by molar-refractivity contribution is 5.96. The fourth-order valence-electron chi connectivity index (χ4n) is 2.57. The number of nitrogens with zero attached hydrogens (tertiary/aromatic N) is 2. The van der Waals surface area contributed by atoms with Crippen LogP contribution in [0.3, 0.4) is 0 Å². The topological polar surface area (TPSA) is 84.2 Å². The second kappa shape index (κ2) is 6.29. The van der Waals surface area contributed by atoms with Crippen molar-refractivity contribution in [2.75, 3.05) is 6.54 Å². The van der Waals surface area contributed by atoms with Gasteiger partial charge in [0, 0.05) is 19.5 Å². The highest BCUT2D eigenvalue weighted by Crippen LogP contribution is 2.15. The number of halogens is 1. The molecule has 7 heteroatoms. The molecule has 0 spiro atoms. The molecule has 0 atom stereocenters. The Kier molecular flexibility index (Phi) is 4.20. The van der Waals surface area contributed by atoms with Crippen molar-refractivity contribution in [3.05, 3.63) is 57.5 Å². The summed E-state index contributed by atoms with van der Waals surface area (Å²) in [6, 6.07) is 5.85. The van der Waals surface area contributed by atoms with Crippen LogP contribution in [-0.2, 0) is 19.5 Å². The number of fused-ring (bicyclic) bond motifs is 1. The third-order valence-electron chi connectivity index (χ3n) is 3.84. The van der Waals surface area contributed by atoms with Gasteiger partial charge in [0.05, 0.1) is 6.54 Å². The second-order valence-electron chi connectivity index (χ2n) is 5.41. The summed E-state index contributed by atoms with van der Waals surface area (Å²) in [6.45, 7) is 1.42. The number of hydrogen-bond acceptors (Lipinski definition) is 5. The highest BCUT2D eigenvalue weighted by atomic mass is 19.1. The third-order valence-corrected chi connectivity index (χ3v) is 3.84. The van der Waals surface area contributed by atoms with Crippen LogP contribution >= 0.6 is 0 Å². The van der Waals surface area contributed by atoms with E-state index in [1.54, 1.807) is 12.1 Å². The van der Waals surface area contributed by atoms with E-state index in [0.29, 0.717) is 31.9 Å². The van der Waals surface area contributed by atoms with Crippen LogP contribution in [0.15, 0.2) is 29.1 Å². The zero-order valence-corrected chi connectivity index (χ0v) is 12.4. The lowest BCUT2D eigenvalue weighted by Crippen LogP contribution is -2.38. The van der Waals surface area contributed by atoms with Crippen molar-refractivity contribution in [1.82, 2.24) is 14.9 Å². The zero-order valence-electron chi connectivity index (χ0n) is 12.4. The fraction of sp³-hybridized carbons (Fsp3) is 0.312. The number of Topliss-reactive ketones (excluding diaryl/α,β-unsaturated/α-hetero) is 1. The molecule has 1 aromatic carbocycles. The average molecular weight is 317 g/mol. The molecular weight excluding hydrogens is 301 g/mol. The van der Waals surface area contributed by atoms with E-state index < -0.39 is 17.1 Å². The van der Waals surface area contributed by atoms with Gasteiger partial charge in [-0.05, 0) is 24.1 Å². The normalized spacial score (nSPS) is 13.6. The first-order chi connectivity index (χ1) is 11.1. The summed E-state index contributed by atoms with van der Waals surface area (Å²) in [7, 11) is 0. The molecule has 0 amide bonds. The van der Waals surface area contributed by atoms with Crippen molar-refractivity contribution in [2.24, 2.45) is 0 Å². The van der Waals surface area contributed by atoms with Crippen molar-refractivity contribution in [3.8, 4) is 5.75 Å². The second-order valence-corrected chi connectivity index (χ2v) is 5.41. The van der Waals surface area contributed by atoms with Crippen LogP contribution < -0.4 is 10.9 Å². The Morgan fingerprint density at radius 3 is 2.83 bits per heavy atom. The quantitative estimate of drug-likeness (QED) is 0.822. The van der Waals surface area contributed by atoms with Crippen molar-refractivity contribution in [1.29, 1.82) is 0 Å². The van der Waals surface area contributed by atoms with Gasteiger partial charge in [-0.3, -0.25) is 14.2 Å². The van der Waals surface area contributed by atoms with Gasteiger partial charge in [0.25, 0.3) is 5.56 Å². The summed E-state index contributed by atoms with van der Waals surface area (Å²) < 4.78 is 14.2. The van der Waals surface area contributed by atoms with E-state index in [0.717, 1.165) is 5.56 Å². The van der Waals surface area contributed by atoms with Gasteiger partial charge in [-0.15, -0.1) is 0 Å². The SMILES string of the molecule is O=C(CCc1ccc(F)cc1)c1nc2n(c(=O)c1O)CCNC2. The van der Waals surface area contributed by atoms with E-state index in [9.17, 15) is 19.1 Å². The number of ketones is 1. The summed E-state index contributed by atoms with van der Waals surface area (Å²) in [6.07, 6.45) is 0.472. The summed E-state index contributed by atoms with van der Waals surface area (Å²) in [5.41, 5.74) is 0.0317. The van der Waals surface area contributed by atoms with Gasteiger partial charge in [0.1, 0.15) is 11.6 Å². The van der Waals surface area contributed by atoms with Crippen LogP contribution in [0.5, 0.6) is 5.75 Å². The fourth-order valence-corrected chi connectivity index (χ4v) is 2.57. The van der Waals surface area contributed by atoms with E-state index in [4.69, 9.17) is 0 Å². The molecule has 0 bridgehead atoms. The van der Waals surface area contributed by atoms with E-state index in [1.165, 1.54) is 16.7 Å². The number of rotatable bonds is 4. The molecule has 0 fully saturated rings. The zero-order chi connectivity index (χ0) is 16.4. The van der Waals surface area contributed by atoms with Crippen LogP contribution in [0.25, 0.3) is 0 Å². The molecule has 3 rings (SSSR count). The number of benzene rings is 1. The minimum atomic E-state index is -0.597. The van der Waals surface area contributed by atoms with Crippen molar-refractivity contribution >= 4 is 5.78 Å². The predicted molar refractivity (Wildman–Crippen MR) is 80.9 cm³/mol. The third kappa shape index (κ3) is 3.14. The Morgan fingerprint density at radius 2 is 2.09 bits per heavy atom. The molecule has 120 valence electrons. The van der Waals surface area contributed by atoms with Gasteiger partial charge >= 0.3 is 0 Å². The first kappa shape index (κ1) is 15.4. The molecule has 6 nitrogen and oxygen atoms in total. The first-order valence-corrected chi connectivity index (χ1v) is 7.37. The van der Waals surface area contributed by atoms with Gasteiger partial charge in [0.2, 0.25) is 5.75 Å². The maximum absolute atomic E-state index is 12.9. The molecule has 1 aliphatic heterocycles. The number of carbonyl (C=O) groups is 1. The van der Waals surface area contributed by atoms with E-state index in [2.05, 4.69) is 10.3 Å². The number of aryl methyl sites for hydroxylation is 1. The van der Waals surface area contributed by atoms with Gasteiger partial charge in [0.15, 0.2) is 11.5 Å². The monoisotopic (exact) mass is 317 g/mol. The Bertz CT molecular complexity index is 799. The van der Waals surface area contributed by atoms with Gasteiger partial charge in [-0.25, -0.2) is 9.37 Å². The first-order valence-electron chi connectivity index (χ1n) is 7.37. The standard InChI is InChI=1S/C16H16FN3O3/c17-11-4-1-10(2-5-11)3-6-12(21)14-15(22)16(23)20-8-7-18-9-13(20)19-14/h1-2,4-5,18,22H,3,6-9H2. The number of nitrogens with one attached hydrogen (secondary N) is 1. The van der Waals surface area contributed by atoms with Crippen LogP contribution in [0, 0.1) is 5.82 Å². The van der Waals surface area contributed by atoms with Crippen LogP contribution in [0.2, 0.25) is 0 Å². The maximum atomic E-state index is 12.9. The molecule has 0 saturated heterocycles. The summed E-state index contributed by atoms with van der Waals surface area (Å²) in [4.78, 5) is 28.5. The smallest absolute Gasteiger partial charge is 0.296 e. The molecule has 0 unspecified atom stereocenters. The molecule has 1 aromatic heterocycles. The Morgan fingerprint density at radius 1 is 1.35 bits per heavy atom. The molecule has 0 radical (unpaired) electrons. The molecule has 2 N–H and O–H groups in total. The number of aromatic hydroxyl groups is 1. The molecule has 23 heavy (non-hydrogen) atoms. The van der Waals surface area contributed by atoms with Crippen molar-refractivity contribution in [3.63, 3.8) is 0 Å². The lowest BCUT2D eigenvalue weighted by molar-refractivity contribution is 0.0973. The number of aromatic nitrogens is 2. The summed E-state index contributed by atoms with van der Waals surface area (Å²) in [5, 5.41) is 13.0. The van der Waals surface area contributed by atoms with Crippen LogP contribution in [0.1, 0.15) is 28.3 Å². The molecule has 2 aromatic rings. The molecule has 2 heterocycles. The number of hydrogen-bond donors (Lipinski definition) is 2. The Balaban J connectivity index is 1.80. The molecular formula is C16H16FN3O3. The largest absolute Gasteiger partial charge is 0.501 e. The minimum absolute atomic E-state index is 0.0858. The molecule has 1 aliphatic rings. The van der Waals surface area contributed by atoms with Crippen LogP contribution in [-0.4, -0.2) is 27.0 Å². The Labute approximate surface area is 131 Å². The van der Waals surface area contributed by atoms with Crippen LogP contribution in [0.4, 0.5) is 4.39 Å². The average Bonchev–Trinajstić information content (AvgIpc) is 2.57. The van der Waals surface area contributed by atoms with Crippen molar-refractivity contribution in [2.45, 2.75) is 25.9 Å². The predicted octanol–water partition coefficient (Wildman–Crippen LogP) is 1.01. The van der Waals surface area contributed by atoms with Gasteiger partial charge in [-0.2, -0.15) is 0 Å². The maximum Gasteiger partial charge on any atom is 0.296 e. The van der Waals surface area contributed by atoms with Gasteiger partial charge < -0.3 is 10.4 Å². The highest BCUT2D eigenvalue weighted by Gasteiger charge is 2.22. The lowest BCUT2D eigenvalue weighted by Gasteiger charge is -2.19. The van der Waals surface area contributed by atoms with Gasteiger partial charge in [-0.1, -0.05) is 12.1 Å². The van der Waals surface area contributed by atoms with E-state index in [-0.39, 0.29) is 17.9 Å². The molecule has 0 aliphatic carbocycles. The minimum Gasteiger partial charge on any atom is -0.501 e. The number of carbonyl (C=O) groups excluding carboxylic acids is 1. The van der Waals surface area contributed by atoms with E-state index >= 15 is 0 Å². The Hall–Kier alpha value is -2.54. The van der Waals surface area contributed by atoms with E-state index in [1.807, 2.05) is 0 Å². The summed E-state index contributed by atoms with van der Waals surface area (Å²) in [5.74, 6) is -0.892. The molecule has 0 saturated carbocycles. The van der Waals surface area contributed by atoms with Crippen molar-refractivity contribution < 1.29 is 14.3 Å².